The summed E-state index contributed by atoms with van der Waals surface area (Å²) in [6.07, 6.45) is 1.38. The molecule has 0 spiro atoms. The van der Waals surface area contributed by atoms with E-state index in [4.69, 9.17) is 5.73 Å². The number of halogens is 2. The molecule has 0 unspecified atom stereocenters. The number of aromatic nitrogens is 2. The van der Waals surface area contributed by atoms with Gasteiger partial charge in [0.1, 0.15) is 17.5 Å². The molecular weight excluding hydrogens is 313 g/mol. The largest absolute Gasteiger partial charge is 0.383 e. The average molecular weight is 326 g/mol. The van der Waals surface area contributed by atoms with E-state index in [1.165, 1.54) is 12.1 Å². The average Bonchev–Trinajstić information content (AvgIpc) is 2.32. The minimum absolute atomic E-state index is 0.195. The van der Waals surface area contributed by atoms with Crippen LogP contribution in [0.3, 0.4) is 0 Å². The Balaban J connectivity index is 2.55. The van der Waals surface area contributed by atoms with Gasteiger partial charge in [-0.2, -0.15) is 0 Å². The number of H-pyrrole nitrogens is 1. The highest BCUT2D eigenvalue weighted by atomic mass is 79.9. The van der Waals surface area contributed by atoms with Gasteiger partial charge in [0.15, 0.2) is 0 Å². The molecule has 0 aliphatic heterocycles. The second-order valence-corrected chi connectivity index (χ2v) is 5.10. The molecule has 0 radical (unpaired) electrons. The molecule has 0 amide bonds. The molecule has 0 fully saturated rings. The first-order valence-electron chi connectivity index (χ1n) is 5.86. The minimum Gasteiger partial charge on any atom is -0.383 e. The van der Waals surface area contributed by atoms with E-state index in [-0.39, 0.29) is 17.2 Å². The maximum Gasteiger partial charge on any atom is 0.256 e. The maximum absolute atomic E-state index is 13.3. The van der Waals surface area contributed by atoms with Crippen molar-refractivity contribution in [3.63, 3.8) is 0 Å². The molecule has 1 aromatic heterocycles. The van der Waals surface area contributed by atoms with Crippen LogP contribution < -0.4 is 11.3 Å². The Labute approximate surface area is 118 Å². The number of anilines is 1. The fourth-order valence-corrected chi connectivity index (χ4v) is 2.30. The Kier molecular flexibility index (Phi) is 3.99. The highest BCUT2D eigenvalue weighted by molar-refractivity contribution is 9.10. The van der Waals surface area contributed by atoms with Gasteiger partial charge in [-0.15, -0.1) is 0 Å². The fourth-order valence-electron chi connectivity index (χ4n) is 1.83. The van der Waals surface area contributed by atoms with Crippen molar-refractivity contribution in [2.45, 2.75) is 19.8 Å². The molecule has 6 heteroatoms. The van der Waals surface area contributed by atoms with Gasteiger partial charge in [0.25, 0.3) is 5.56 Å². The van der Waals surface area contributed by atoms with Crippen LogP contribution in [0.1, 0.15) is 18.9 Å². The van der Waals surface area contributed by atoms with E-state index >= 15 is 0 Å². The standard InChI is InChI=1S/C13H13BrFN3O/c1-2-3-10-11(16)17-12(18-13(10)19)7-4-8(14)6-9(15)5-7/h4-6H,2-3H2,1H3,(H3,16,17,18,19). The summed E-state index contributed by atoms with van der Waals surface area (Å²) in [5.74, 6) is 0.0479. The molecule has 0 aliphatic carbocycles. The summed E-state index contributed by atoms with van der Waals surface area (Å²) >= 11 is 3.20. The van der Waals surface area contributed by atoms with Gasteiger partial charge in [-0.25, -0.2) is 9.37 Å². The van der Waals surface area contributed by atoms with E-state index in [2.05, 4.69) is 25.9 Å². The van der Waals surface area contributed by atoms with Crippen molar-refractivity contribution in [3.8, 4) is 11.4 Å². The number of nitrogens with zero attached hydrogens (tertiary/aromatic N) is 1. The molecular formula is C13H13BrFN3O. The summed E-state index contributed by atoms with van der Waals surface area (Å²) in [6.45, 7) is 1.95. The second kappa shape index (κ2) is 5.52. The molecule has 0 aliphatic rings. The van der Waals surface area contributed by atoms with E-state index in [0.29, 0.717) is 22.0 Å². The molecule has 0 atom stereocenters. The lowest BCUT2D eigenvalue weighted by Crippen LogP contribution is -2.18. The number of hydrogen-bond donors (Lipinski definition) is 2. The number of nitrogens with two attached hydrogens (primary N) is 1. The maximum atomic E-state index is 13.3. The number of aromatic amines is 1. The van der Waals surface area contributed by atoms with Crippen molar-refractivity contribution in [1.82, 2.24) is 9.97 Å². The number of hydrogen-bond acceptors (Lipinski definition) is 3. The lowest BCUT2D eigenvalue weighted by molar-refractivity contribution is 0.627. The van der Waals surface area contributed by atoms with Crippen molar-refractivity contribution < 1.29 is 4.39 Å². The van der Waals surface area contributed by atoms with Crippen LogP contribution in [0.4, 0.5) is 10.2 Å². The van der Waals surface area contributed by atoms with Crippen LogP contribution in [0.5, 0.6) is 0 Å². The zero-order valence-electron chi connectivity index (χ0n) is 10.3. The smallest absolute Gasteiger partial charge is 0.256 e. The molecule has 19 heavy (non-hydrogen) atoms. The van der Waals surface area contributed by atoms with Gasteiger partial charge in [-0.1, -0.05) is 29.3 Å². The van der Waals surface area contributed by atoms with E-state index in [1.54, 1.807) is 6.07 Å². The highest BCUT2D eigenvalue weighted by Gasteiger charge is 2.10. The van der Waals surface area contributed by atoms with Crippen LogP contribution in [-0.4, -0.2) is 9.97 Å². The van der Waals surface area contributed by atoms with Gasteiger partial charge in [-0.3, -0.25) is 4.79 Å². The Bertz CT molecular complexity index is 649. The van der Waals surface area contributed by atoms with Crippen molar-refractivity contribution in [1.29, 1.82) is 0 Å². The SMILES string of the molecule is CCCc1c(N)nc(-c2cc(F)cc(Br)c2)[nH]c1=O. The van der Waals surface area contributed by atoms with Gasteiger partial charge in [0.05, 0.1) is 5.56 Å². The van der Waals surface area contributed by atoms with Crippen molar-refractivity contribution in [2.75, 3.05) is 5.73 Å². The quantitative estimate of drug-likeness (QED) is 0.911. The zero-order valence-corrected chi connectivity index (χ0v) is 11.9. The molecule has 2 rings (SSSR count). The van der Waals surface area contributed by atoms with Gasteiger partial charge < -0.3 is 10.7 Å². The predicted molar refractivity (Wildman–Crippen MR) is 76.4 cm³/mol. The van der Waals surface area contributed by atoms with Gasteiger partial charge >= 0.3 is 0 Å². The second-order valence-electron chi connectivity index (χ2n) is 4.19. The number of rotatable bonds is 3. The van der Waals surface area contributed by atoms with Crippen LogP contribution in [0.15, 0.2) is 27.5 Å². The topological polar surface area (TPSA) is 71.8 Å². The monoisotopic (exact) mass is 325 g/mol. The molecule has 2 aromatic rings. The summed E-state index contributed by atoms with van der Waals surface area (Å²) in [5, 5.41) is 0. The third-order valence-electron chi connectivity index (χ3n) is 2.68. The van der Waals surface area contributed by atoms with Crippen LogP contribution in [0, 0.1) is 5.82 Å². The highest BCUT2D eigenvalue weighted by Crippen LogP contribution is 2.22. The molecule has 4 nitrogen and oxygen atoms in total. The minimum atomic E-state index is -0.414. The number of nitrogen functional groups attached to an aromatic ring is 1. The van der Waals surface area contributed by atoms with E-state index in [1.807, 2.05) is 6.92 Å². The third-order valence-corrected chi connectivity index (χ3v) is 3.14. The molecule has 3 N–H and O–H groups in total. The Morgan fingerprint density at radius 2 is 2.16 bits per heavy atom. The van der Waals surface area contributed by atoms with E-state index < -0.39 is 5.82 Å². The Morgan fingerprint density at radius 3 is 2.74 bits per heavy atom. The molecule has 0 saturated heterocycles. The van der Waals surface area contributed by atoms with Crippen LogP contribution >= 0.6 is 15.9 Å². The van der Waals surface area contributed by atoms with Gasteiger partial charge in [0.2, 0.25) is 0 Å². The Morgan fingerprint density at radius 1 is 1.42 bits per heavy atom. The lowest BCUT2D eigenvalue weighted by atomic mass is 10.1. The van der Waals surface area contributed by atoms with Crippen LogP contribution in [0.25, 0.3) is 11.4 Å². The van der Waals surface area contributed by atoms with Gasteiger partial charge in [0, 0.05) is 10.0 Å². The van der Waals surface area contributed by atoms with Crippen molar-refractivity contribution in [2.24, 2.45) is 0 Å². The summed E-state index contributed by atoms with van der Waals surface area (Å²) in [4.78, 5) is 18.7. The molecule has 1 aromatic carbocycles. The van der Waals surface area contributed by atoms with Crippen molar-refractivity contribution in [3.05, 3.63) is 44.4 Å². The van der Waals surface area contributed by atoms with Crippen LogP contribution in [0.2, 0.25) is 0 Å². The first-order chi connectivity index (χ1) is 9.01. The zero-order chi connectivity index (χ0) is 14.0. The molecule has 1 heterocycles. The third kappa shape index (κ3) is 3.01. The molecule has 0 bridgehead atoms. The predicted octanol–water partition coefficient (Wildman–Crippen LogP) is 2.87. The normalized spacial score (nSPS) is 10.7. The lowest BCUT2D eigenvalue weighted by Gasteiger charge is -2.07. The first kappa shape index (κ1) is 13.7. The summed E-state index contributed by atoms with van der Waals surface area (Å²) in [6, 6.07) is 4.29. The summed E-state index contributed by atoms with van der Waals surface area (Å²) in [7, 11) is 0. The first-order valence-corrected chi connectivity index (χ1v) is 6.65. The summed E-state index contributed by atoms with van der Waals surface area (Å²) in [5.41, 5.74) is 6.46. The number of nitrogens with one attached hydrogen (secondary N) is 1. The fraction of sp³-hybridized carbons (Fsp3) is 0.231. The Hall–Kier alpha value is -1.69. The molecule has 0 saturated carbocycles. The number of benzene rings is 1. The van der Waals surface area contributed by atoms with Crippen molar-refractivity contribution >= 4 is 21.7 Å². The van der Waals surface area contributed by atoms with Crippen LogP contribution in [-0.2, 0) is 6.42 Å². The summed E-state index contributed by atoms with van der Waals surface area (Å²) < 4.78 is 13.9. The molecule has 100 valence electrons. The van der Waals surface area contributed by atoms with E-state index in [9.17, 15) is 9.18 Å². The van der Waals surface area contributed by atoms with Gasteiger partial charge in [-0.05, 0) is 24.6 Å². The van der Waals surface area contributed by atoms with E-state index in [0.717, 1.165) is 6.42 Å².